The van der Waals surface area contributed by atoms with Gasteiger partial charge in [-0.15, -0.1) is 0 Å². The fourth-order valence-electron chi connectivity index (χ4n) is 3.01. The maximum absolute atomic E-state index is 14.3. The smallest absolute Gasteiger partial charge is 0.189 e. The molecule has 3 aromatic rings. The molecule has 0 bridgehead atoms. The molecule has 1 aromatic heterocycles. The second kappa shape index (κ2) is 8.04. The maximum Gasteiger partial charge on any atom is 0.189 e. The lowest BCUT2D eigenvalue weighted by Gasteiger charge is -2.21. The number of halogens is 1. The Morgan fingerprint density at radius 1 is 1.08 bits per heavy atom. The summed E-state index contributed by atoms with van der Waals surface area (Å²) in [7, 11) is 3.86. The standard InChI is InChI=1S/C21H24FN3O/c1-4-14-26-20-19(17-12-8-9-13-18(17)22)23-25(3)21(20)24(2)15-16-10-6-5-7-11-16/h5-13H,4,14-15H2,1-3H3. The monoisotopic (exact) mass is 353 g/mol. The number of anilines is 1. The molecule has 3 rings (SSSR count). The first kappa shape index (κ1) is 18.0. The predicted molar refractivity (Wildman–Crippen MR) is 103 cm³/mol. The predicted octanol–water partition coefficient (Wildman–Crippen LogP) is 4.65. The van der Waals surface area contributed by atoms with Gasteiger partial charge in [0.15, 0.2) is 11.6 Å². The molecule has 136 valence electrons. The van der Waals surface area contributed by atoms with Gasteiger partial charge in [-0.2, -0.15) is 5.10 Å². The van der Waals surface area contributed by atoms with Crippen LogP contribution in [-0.4, -0.2) is 23.4 Å². The van der Waals surface area contributed by atoms with Gasteiger partial charge in [0.05, 0.1) is 6.61 Å². The van der Waals surface area contributed by atoms with Crippen molar-refractivity contribution >= 4 is 5.82 Å². The molecule has 0 N–H and O–H groups in total. The average molecular weight is 353 g/mol. The molecule has 4 nitrogen and oxygen atoms in total. The van der Waals surface area contributed by atoms with E-state index in [4.69, 9.17) is 4.74 Å². The van der Waals surface area contributed by atoms with Crippen LogP contribution in [0.4, 0.5) is 10.2 Å². The van der Waals surface area contributed by atoms with Gasteiger partial charge in [-0.05, 0) is 24.1 Å². The van der Waals surface area contributed by atoms with E-state index >= 15 is 0 Å². The van der Waals surface area contributed by atoms with Crippen LogP contribution < -0.4 is 9.64 Å². The molecule has 0 atom stereocenters. The van der Waals surface area contributed by atoms with Crippen LogP contribution in [0.3, 0.4) is 0 Å². The van der Waals surface area contributed by atoms with Crippen LogP contribution in [0.2, 0.25) is 0 Å². The van der Waals surface area contributed by atoms with Crippen LogP contribution >= 0.6 is 0 Å². The van der Waals surface area contributed by atoms with Crippen molar-refractivity contribution in [2.45, 2.75) is 19.9 Å². The molecule has 0 radical (unpaired) electrons. The molecule has 0 aliphatic rings. The first-order valence-electron chi connectivity index (χ1n) is 8.81. The molecule has 5 heteroatoms. The van der Waals surface area contributed by atoms with E-state index in [0.717, 1.165) is 12.2 Å². The lowest BCUT2D eigenvalue weighted by atomic mass is 10.1. The zero-order chi connectivity index (χ0) is 18.5. The molecule has 0 amide bonds. The SMILES string of the molecule is CCCOc1c(-c2ccccc2F)nn(C)c1N(C)Cc1ccccc1. The lowest BCUT2D eigenvalue weighted by Crippen LogP contribution is -2.20. The van der Waals surface area contributed by atoms with Crippen LogP contribution in [0, 0.1) is 5.82 Å². The molecule has 0 saturated heterocycles. The third-order valence-electron chi connectivity index (χ3n) is 4.18. The number of benzene rings is 2. The van der Waals surface area contributed by atoms with Gasteiger partial charge in [-0.1, -0.05) is 49.4 Å². The molecular formula is C21H24FN3O. The van der Waals surface area contributed by atoms with Crippen molar-refractivity contribution in [3.05, 3.63) is 66.0 Å². The minimum atomic E-state index is -0.302. The number of aromatic nitrogens is 2. The molecule has 0 aliphatic carbocycles. The van der Waals surface area contributed by atoms with Crippen LogP contribution in [-0.2, 0) is 13.6 Å². The van der Waals surface area contributed by atoms with Gasteiger partial charge in [0, 0.05) is 26.2 Å². The molecule has 0 saturated carbocycles. The van der Waals surface area contributed by atoms with E-state index in [9.17, 15) is 4.39 Å². The Morgan fingerprint density at radius 3 is 2.46 bits per heavy atom. The van der Waals surface area contributed by atoms with E-state index in [-0.39, 0.29) is 5.82 Å². The molecule has 1 heterocycles. The summed E-state index contributed by atoms with van der Waals surface area (Å²) in [5.74, 6) is 1.16. The summed E-state index contributed by atoms with van der Waals surface area (Å²) >= 11 is 0. The second-order valence-corrected chi connectivity index (χ2v) is 6.29. The zero-order valence-corrected chi connectivity index (χ0v) is 15.4. The van der Waals surface area contributed by atoms with Gasteiger partial charge in [-0.25, -0.2) is 9.07 Å². The average Bonchev–Trinajstić information content (AvgIpc) is 2.97. The first-order valence-corrected chi connectivity index (χ1v) is 8.81. The Labute approximate surface area is 153 Å². The minimum absolute atomic E-state index is 0.302. The summed E-state index contributed by atoms with van der Waals surface area (Å²) in [6.07, 6.45) is 0.868. The van der Waals surface area contributed by atoms with E-state index in [0.29, 0.717) is 30.2 Å². The van der Waals surface area contributed by atoms with E-state index in [2.05, 4.69) is 22.1 Å². The lowest BCUT2D eigenvalue weighted by molar-refractivity contribution is 0.318. The van der Waals surface area contributed by atoms with Crippen molar-refractivity contribution in [3.8, 4) is 17.0 Å². The Balaban J connectivity index is 2.02. The number of aryl methyl sites for hydroxylation is 1. The summed E-state index contributed by atoms with van der Waals surface area (Å²) in [5.41, 5.74) is 2.17. The van der Waals surface area contributed by atoms with Gasteiger partial charge in [0.1, 0.15) is 11.5 Å². The van der Waals surface area contributed by atoms with E-state index in [1.165, 1.54) is 11.6 Å². The first-order chi connectivity index (χ1) is 12.6. The Bertz CT molecular complexity index is 861. The van der Waals surface area contributed by atoms with Crippen molar-refractivity contribution in [3.63, 3.8) is 0 Å². The Hall–Kier alpha value is -2.82. The van der Waals surface area contributed by atoms with Crippen molar-refractivity contribution in [1.82, 2.24) is 9.78 Å². The molecule has 26 heavy (non-hydrogen) atoms. The fraction of sp³-hybridized carbons (Fsp3) is 0.286. The number of rotatable bonds is 7. The minimum Gasteiger partial charge on any atom is -0.488 e. The van der Waals surface area contributed by atoms with Crippen LogP contribution in [0.5, 0.6) is 5.75 Å². The summed E-state index contributed by atoms with van der Waals surface area (Å²) < 4.78 is 22.1. The largest absolute Gasteiger partial charge is 0.488 e. The van der Waals surface area contributed by atoms with Crippen molar-refractivity contribution < 1.29 is 9.13 Å². The molecule has 0 fully saturated rings. The van der Waals surface area contributed by atoms with Gasteiger partial charge < -0.3 is 9.64 Å². The highest BCUT2D eigenvalue weighted by molar-refractivity contribution is 5.74. The topological polar surface area (TPSA) is 30.3 Å². The highest BCUT2D eigenvalue weighted by Gasteiger charge is 2.24. The van der Waals surface area contributed by atoms with Gasteiger partial charge in [-0.3, -0.25) is 0 Å². The summed E-state index contributed by atoms with van der Waals surface area (Å²) in [6, 6.07) is 16.9. The number of ether oxygens (including phenoxy) is 1. The quantitative estimate of drug-likeness (QED) is 0.619. The van der Waals surface area contributed by atoms with Gasteiger partial charge >= 0.3 is 0 Å². The normalized spacial score (nSPS) is 10.8. The summed E-state index contributed by atoms with van der Waals surface area (Å²) in [6.45, 7) is 3.31. The van der Waals surface area contributed by atoms with E-state index < -0.39 is 0 Å². The highest BCUT2D eigenvalue weighted by Crippen LogP contribution is 2.39. The molecular weight excluding hydrogens is 329 g/mol. The summed E-state index contributed by atoms with van der Waals surface area (Å²) in [5, 5.41) is 4.57. The summed E-state index contributed by atoms with van der Waals surface area (Å²) in [4.78, 5) is 2.08. The molecule has 0 spiro atoms. The number of hydrogen-bond acceptors (Lipinski definition) is 3. The van der Waals surface area contributed by atoms with Crippen molar-refractivity contribution in [2.24, 2.45) is 7.05 Å². The third kappa shape index (κ3) is 3.72. The van der Waals surface area contributed by atoms with Crippen LogP contribution in [0.1, 0.15) is 18.9 Å². The zero-order valence-electron chi connectivity index (χ0n) is 15.4. The number of nitrogens with zero attached hydrogens (tertiary/aromatic N) is 3. The fourth-order valence-corrected chi connectivity index (χ4v) is 3.01. The van der Waals surface area contributed by atoms with Crippen LogP contribution in [0.15, 0.2) is 54.6 Å². The Morgan fingerprint density at radius 2 is 1.77 bits per heavy atom. The van der Waals surface area contributed by atoms with E-state index in [1.54, 1.807) is 16.8 Å². The van der Waals surface area contributed by atoms with Gasteiger partial charge in [0.25, 0.3) is 0 Å². The Kier molecular flexibility index (Phi) is 5.56. The van der Waals surface area contributed by atoms with Crippen molar-refractivity contribution in [2.75, 3.05) is 18.6 Å². The van der Waals surface area contributed by atoms with E-state index in [1.807, 2.05) is 45.3 Å². The number of hydrogen-bond donors (Lipinski definition) is 0. The maximum atomic E-state index is 14.3. The molecule has 0 unspecified atom stereocenters. The molecule has 0 aliphatic heterocycles. The van der Waals surface area contributed by atoms with Crippen molar-refractivity contribution in [1.29, 1.82) is 0 Å². The van der Waals surface area contributed by atoms with Crippen LogP contribution in [0.25, 0.3) is 11.3 Å². The second-order valence-electron chi connectivity index (χ2n) is 6.29. The third-order valence-corrected chi connectivity index (χ3v) is 4.18. The molecule has 2 aromatic carbocycles. The van der Waals surface area contributed by atoms with Gasteiger partial charge in [0.2, 0.25) is 0 Å². The highest BCUT2D eigenvalue weighted by atomic mass is 19.1.